The molecule has 0 atom stereocenters. The molecule has 0 unspecified atom stereocenters. The van der Waals surface area contributed by atoms with Crippen LogP contribution in [0.4, 0.5) is 0 Å². The van der Waals surface area contributed by atoms with E-state index in [-0.39, 0.29) is 22.9 Å². The molecule has 0 aromatic heterocycles. The van der Waals surface area contributed by atoms with Gasteiger partial charge in [0, 0.05) is 14.7 Å². The van der Waals surface area contributed by atoms with Gasteiger partial charge in [-0.15, -0.1) is 0 Å². The monoisotopic (exact) mass is 516 g/mol. The molecule has 0 spiro atoms. The number of nitrogens with zero attached hydrogens (tertiary/aromatic N) is 2. The van der Waals surface area contributed by atoms with E-state index in [0.717, 1.165) is 3.57 Å². The number of ether oxygens (including phenoxy) is 1. The Hall–Kier alpha value is -2.81. The van der Waals surface area contributed by atoms with Gasteiger partial charge in [0.15, 0.2) is 5.84 Å². The fourth-order valence-electron chi connectivity index (χ4n) is 2.92. The molecule has 0 fully saturated rings. The van der Waals surface area contributed by atoms with Crippen molar-refractivity contribution in [2.24, 2.45) is 9.98 Å². The number of aliphatic hydroxyl groups excluding tert-OH is 1. The number of halogens is 1. The third kappa shape index (κ3) is 4.67. The van der Waals surface area contributed by atoms with Crippen molar-refractivity contribution in [2.75, 3.05) is 0 Å². The van der Waals surface area contributed by atoms with Crippen molar-refractivity contribution in [1.82, 2.24) is 0 Å². The Morgan fingerprint density at radius 1 is 1.03 bits per heavy atom. The molecular weight excluding hydrogens is 495 g/mol. The number of amidine groups is 1. The number of benzene rings is 2. The summed E-state index contributed by atoms with van der Waals surface area (Å²) in [7, 11) is 0. The first-order valence-corrected chi connectivity index (χ1v) is 10.4. The molecule has 7 heteroatoms. The van der Waals surface area contributed by atoms with Crippen LogP contribution in [0.25, 0.3) is 0 Å². The summed E-state index contributed by atoms with van der Waals surface area (Å²) in [5, 5.41) is 10.2. The van der Waals surface area contributed by atoms with Gasteiger partial charge < -0.3 is 9.84 Å². The zero-order valence-corrected chi connectivity index (χ0v) is 19.2. The maximum atomic E-state index is 12.8. The highest BCUT2D eigenvalue weighted by Crippen LogP contribution is 2.27. The summed E-state index contributed by atoms with van der Waals surface area (Å²) in [6.07, 6.45) is 0. The molecule has 3 rings (SSSR count). The highest BCUT2D eigenvalue weighted by atomic mass is 127. The van der Waals surface area contributed by atoms with E-state index in [1.807, 2.05) is 12.1 Å². The minimum absolute atomic E-state index is 0.0516. The Labute approximate surface area is 188 Å². The van der Waals surface area contributed by atoms with E-state index in [1.54, 1.807) is 57.2 Å². The quantitative estimate of drug-likeness (QED) is 0.273. The number of hydrogen-bond donors (Lipinski definition) is 1. The Morgan fingerprint density at radius 3 is 2.23 bits per heavy atom. The summed E-state index contributed by atoms with van der Waals surface area (Å²) in [5.74, 6) is -1.16. The third-order valence-corrected chi connectivity index (χ3v) is 5.09. The lowest BCUT2D eigenvalue weighted by Crippen LogP contribution is -2.28. The molecule has 1 aliphatic heterocycles. The molecule has 0 aliphatic carbocycles. The predicted octanol–water partition coefficient (Wildman–Crippen LogP) is 4.85. The lowest BCUT2D eigenvalue weighted by molar-refractivity contribution is -0.149. The fourth-order valence-corrected chi connectivity index (χ4v) is 3.54. The van der Waals surface area contributed by atoms with Crippen LogP contribution in [0.3, 0.4) is 0 Å². The number of aliphatic imine (C=N–C) groups is 2. The number of allylic oxidation sites excluding steroid dienone is 1. The van der Waals surface area contributed by atoms with Gasteiger partial charge in [-0.1, -0.05) is 36.4 Å². The molecule has 2 aromatic carbocycles. The highest BCUT2D eigenvalue weighted by molar-refractivity contribution is 14.1. The fraction of sp³-hybridized carbons (Fsp3) is 0.217. The number of esters is 1. The maximum Gasteiger partial charge on any atom is 0.344 e. The summed E-state index contributed by atoms with van der Waals surface area (Å²) >= 11 is 2.08. The Morgan fingerprint density at radius 2 is 1.63 bits per heavy atom. The molecule has 0 bridgehead atoms. The first-order chi connectivity index (χ1) is 14.1. The van der Waals surface area contributed by atoms with Gasteiger partial charge >= 0.3 is 5.97 Å². The van der Waals surface area contributed by atoms with Crippen LogP contribution in [0.15, 0.2) is 69.8 Å². The Balaban J connectivity index is 2.10. The second-order valence-corrected chi connectivity index (χ2v) is 8.85. The Kier molecular flexibility index (Phi) is 6.21. The van der Waals surface area contributed by atoms with E-state index >= 15 is 0 Å². The smallest absolute Gasteiger partial charge is 0.344 e. The normalized spacial score (nSPS) is 15.4. The van der Waals surface area contributed by atoms with Crippen molar-refractivity contribution in [2.45, 2.75) is 33.3 Å². The van der Waals surface area contributed by atoms with Gasteiger partial charge in [-0.2, -0.15) is 4.99 Å². The molecule has 154 valence electrons. The summed E-state index contributed by atoms with van der Waals surface area (Å²) in [6, 6.07) is 14.3. The average molecular weight is 516 g/mol. The zero-order valence-electron chi connectivity index (χ0n) is 17.1. The van der Waals surface area contributed by atoms with Crippen LogP contribution in [0.2, 0.25) is 0 Å². The van der Waals surface area contributed by atoms with Gasteiger partial charge in [0.05, 0.1) is 11.3 Å². The van der Waals surface area contributed by atoms with Crippen LogP contribution >= 0.6 is 22.6 Å². The first-order valence-electron chi connectivity index (χ1n) is 9.28. The number of carbonyl (C=O) groups is 2. The Bertz CT molecular complexity index is 1120. The molecule has 1 N–H and O–H groups in total. The van der Waals surface area contributed by atoms with Crippen molar-refractivity contribution in [3.05, 3.63) is 80.1 Å². The van der Waals surface area contributed by atoms with Crippen molar-refractivity contribution in [3.63, 3.8) is 0 Å². The minimum Gasteiger partial charge on any atom is -0.512 e. The third-order valence-electron chi connectivity index (χ3n) is 4.15. The molecule has 0 radical (unpaired) electrons. The SMILES string of the molecule is CC(O)=C(C(=O)OC(C)(C)C)C1=NC(=NC(=O)c2ccccc2I)c2ccccc21. The van der Waals surface area contributed by atoms with Crippen LogP contribution in [0.1, 0.15) is 49.2 Å². The number of aliphatic hydroxyl groups is 1. The van der Waals surface area contributed by atoms with E-state index in [0.29, 0.717) is 16.7 Å². The second kappa shape index (κ2) is 8.51. The highest BCUT2D eigenvalue weighted by Gasteiger charge is 2.32. The van der Waals surface area contributed by atoms with E-state index in [9.17, 15) is 14.7 Å². The zero-order chi connectivity index (χ0) is 22.1. The van der Waals surface area contributed by atoms with Crippen molar-refractivity contribution in [1.29, 1.82) is 0 Å². The van der Waals surface area contributed by atoms with Crippen LogP contribution in [0, 0.1) is 3.57 Å². The van der Waals surface area contributed by atoms with Crippen LogP contribution in [0.5, 0.6) is 0 Å². The topological polar surface area (TPSA) is 88.3 Å². The van der Waals surface area contributed by atoms with E-state index in [4.69, 9.17) is 4.74 Å². The van der Waals surface area contributed by atoms with Gasteiger partial charge in [0.2, 0.25) is 0 Å². The van der Waals surface area contributed by atoms with Gasteiger partial charge in [0.1, 0.15) is 16.9 Å². The molecule has 0 saturated heterocycles. The summed E-state index contributed by atoms with van der Waals surface area (Å²) in [4.78, 5) is 34.2. The van der Waals surface area contributed by atoms with E-state index < -0.39 is 17.5 Å². The van der Waals surface area contributed by atoms with Crippen LogP contribution < -0.4 is 0 Å². The second-order valence-electron chi connectivity index (χ2n) is 7.69. The average Bonchev–Trinajstić information content (AvgIpc) is 2.98. The molecule has 0 saturated carbocycles. The number of hydrogen-bond acceptors (Lipinski definition) is 4. The lowest BCUT2D eigenvalue weighted by Gasteiger charge is -2.21. The molecule has 1 aliphatic rings. The van der Waals surface area contributed by atoms with Crippen molar-refractivity contribution >= 4 is 46.0 Å². The largest absolute Gasteiger partial charge is 0.512 e. The molecule has 30 heavy (non-hydrogen) atoms. The van der Waals surface area contributed by atoms with Gasteiger partial charge in [-0.05, 0) is 62.4 Å². The summed E-state index contributed by atoms with van der Waals surface area (Å²) in [5.41, 5.74) is 1.11. The molecule has 2 aromatic rings. The van der Waals surface area contributed by atoms with Crippen molar-refractivity contribution < 1.29 is 19.4 Å². The number of fused-ring (bicyclic) bond motifs is 1. The molecule has 6 nitrogen and oxygen atoms in total. The van der Waals surface area contributed by atoms with E-state index in [1.165, 1.54) is 6.92 Å². The number of amides is 1. The molecular formula is C23H21IN2O4. The van der Waals surface area contributed by atoms with E-state index in [2.05, 4.69) is 32.6 Å². The lowest BCUT2D eigenvalue weighted by atomic mass is 9.99. The van der Waals surface area contributed by atoms with Gasteiger partial charge in [-0.25, -0.2) is 9.79 Å². The van der Waals surface area contributed by atoms with Crippen LogP contribution in [-0.4, -0.2) is 34.1 Å². The predicted molar refractivity (Wildman–Crippen MR) is 124 cm³/mol. The van der Waals surface area contributed by atoms with Crippen molar-refractivity contribution in [3.8, 4) is 0 Å². The maximum absolute atomic E-state index is 12.8. The number of rotatable bonds is 3. The minimum atomic E-state index is -0.743. The first kappa shape index (κ1) is 21.9. The standard InChI is InChI=1S/C23H21IN2O4/c1-13(27)18(22(29)30-23(2,3)4)19-14-9-5-6-10-15(14)20(25-19)26-21(28)16-11-7-8-12-17(16)24/h5-12,27H,1-4H3. The summed E-state index contributed by atoms with van der Waals surface area (Å²) in [6.45, 7) is 6.63. The number of carbonyl (C=O) groups excluding carboxylic acids is 2. The van der Waals surface area contributed by atoms with Crippen LogP contribution in [-0.2, 0) is 9.53 Å². The molecule has 1 amide bonds. The van der Waals surface area contributed by atoms with Gasteiger partial charge in [-0.3, -0.25) is 4.79 Å². The molecule has 1 heterocycles. The summed E-state index contributed by atoms with van der Waals surface area (Å²) < 4.78 is 6.22. The van der Waals surface area contributed by atoms with Gasteiger partial charge in [0.25, 0.3) is 5.91 Å².